The van der Waals surface area contributed by atoms with Gasteiger partial charge in [0.25, 0.3) is 0 Å². The van der Waals surface area contributed by atoms with E-state index < -0.39 is 0 Å². The van der Waals surface area contributed by atoms with E-state index in [2.05, 4.69) is 16.4 Å². The number of rotatable bonds is 5. The summed E-state index contributed by atoms with van der Waals surface area (Å²) in [6.45, 7) is 2.61. The minimum atomic E-state index is 0.377. The Morgan fingerprint density at radius 2 is 2.40 bits per heavy atom. The van der Waals surface area contributed by atoms with Gasteiger partial charge in [0.15, 0.2) is 0 Å². The van der Waals surface area contributed by atoms with Gasteiger partial charge in [-0.2, -0.15) is 0 Å². The van der Waals surface area contributed by atoms with Gasteiger partial charge in [0.2, 0.25) is 0 Å². The van der Waals surface area contributed by atoms with Crippen LogP contribution in [0.1, 0.15) is 17.8 Å². The SMILES string of the molecule is Clc1cccc(-c2cnc(CNCC3CCCO3)s2)c1. The highest BCUT2D eigenvalue weighted by Crippen LogP contribution is 2.28. The maximum Gasteiger partial charge on any atom is 0.107 e. The van der Waals surface area contributed by atoms with Gasteiger partial charge in [0, 0.05) is 30.9 Å². The Morgan fingerprint density at radius 1 is 1.45 bits per heavy atom. The number of halogens is 1. The topological polar surface area (TPSA) is 34.2 Å². The molecule has 1 aromatic heterocycles. The third-order valence-corrected chi connectivity index (χ3v) is 4.62. The van der Waals surface area contributed by atoms with Crippen LogP contribution >= 0.6 is 22.9 Å². The first kappa shape index (κ1) is 14.0. The van der Waals surface area contributed by atoms with Crippen molar-refractivity contribution in [3.8, 4) is 10.4 Å². The van der Waals surface area contributed by atoms with Crippen LogP contribution < -0.4 is 5.32 Å². The van der Waals surface area contributed by atoms with Crippen molar-refractivity contribution in [2.75, 3.05) is 13.2 Å². The number of ether oxygens (including phenoxy) is 1. The summed E-state index contributed by atoms with van der Waals surface area (Å²) < 4.78 is 5.58. The molecule has 2 heterocycles. The van der Waals surface area contributed by atoms with Crippen molar-refractivity contribution in [1.82, 2.24) is 10.3 Å². The Balaban J connectivity index is 1.56. The van der Waals surface area contributed by atoms with Crippen LogP contribution in [0.5, 0.6) is 0 Å². The summed E-state index contributed by atoms with van der Waals surface area (Å²) >= 11 is 7.72. The number of aromatic nitrogens is 1. The number of hydrogen-bond donors (Lipinski definition) is 1. The summed E-state index contributed by atoms with van der Waals surface area (Å²) in [5.74, 6) is 0. The lowest BCUT2D eigenvalue weighted by atomic mass is 10.2. The van der Waals surface area contributed by atoms with E-state index in [4.69, 9.17) is 16.3 Å². The van der Waals surface area contributed by atoms with Crippen LogP contribution in [0.25, 0.3) is 10.4 Å². The summed E-state index contributed by atoms with van der Waals surface area (Å²) in [7, 11) is 0. The van der Waals surface area contributed by atoms with Crippen molar-refractivity contribution in [1.29, 1.82) is 0 Å². The molecular weight excluding hydrogens is 292 g/mol. The second kappa shape index (κ2) is 6.68. The van der Waals surface area contributed by atoms with Gasteiger partial charge in [-0.05, 0) is 30.5 Å². The van der Waals surface area contributed by atoms with Gasteiger partial charge in [0.05, 0.1) is 11.0 Å². The molecule has 3 nitrogen and oxygen atoms in total. The summed E-state index contributed by atoms with van der Waals surface area (Å²) in [5, 5.41) is 5.27. The number of thiazole rings is 1. The Bertz CT molecular complexity index is 567. The van der Waals surface area contributed by atoms with Crippen LogP contribution in [0, 0.1) is 0 Å². The van der Waals surface area contributed by atoms with Gasteiger partial charge in [-0.15, -0.1) is 11.3 Å². The van der Waals surface area contributed by atoms with Crippen LogP contribution in [0.3, 0.4) is 0 Å². The Hall–Kier alpha value is -0.940. The average Bonchev–Trinajstić information content (AvgIpc) is 3.10. The Labute approximate surface area is 127 Å². The number of benzene rings is 1. The third-order valence-electron chi connectivity index (χ3n) is 3.33. The lowest BCUT2D eigenvalue weighted by Gasteiger charge is -2.09. The van der Waals surface area contributed by atoms with Crippen LogP contribution in [0.15, 0.2) is 30.5 Å². The summed E-state index contributed by atoms with van der Waals surface area (Å²) in [4.78, 5) is 5.61. The molecule has 3 rings (SSSR count). The minimum absolute atomic E-state index is 0.377. The molecule has 2 aromatic rings. The molecule has 1 aromatic carbocycles. The highest BCUT2D eigenvalue weighted by atomic mass is 35.5. The number of nitrogens with zero attached hydrogens (tertiary/aromatic N) is 1. The Kier molecular flexibility index (Phi) is 4.68. The molecule has 1 aliphatic rings. The van der Waals surface area contributed by atoms with E-state index in [0.29, 0.717) is 6.10 Å². The van der Waals surface area contributed by atoms with E-state index in [-0.39, 0.29) is 0 Å². The molecule has 0 saturated carbocycles. The van der Waals surface area contributed by atoms with E-state index in [1.165, 1.54) is 12.8 Å². The van der Waals surface area contributed by atoms with Crippen LogP contribution in [-0.4, -0.2) is 24.2 Å². The highest BCUT2D eigenvalue weighted by Gasteiger charge is 2.14. The largest absolute Gasteiger partial charge is 0.377 e. The molecule has 0 bridgehead atoms. The zero-order valence-electron chi connectivity index (χ0n) is 11.1. The predicted octanol–water partition coefficient (Wildman–Crippen LogP) is 3.73. The van der Waals surface area contributed by atoms with E-state index in [0.717, 1.165) is 40.2 Å². The van der Waals surface area contributed by atoms with E-state index in [1.54, 1.807) is 11.3 Å². The average molecular weight is 309 g/mol. The molecule has 0 amide bonds. The molecular formula is C15H17ClN2OS. The molecule has 1 atom stereocenters. The van der Waals surface area contributed by atoms with Crippen molar-refractivity contribution < 1.29 is 4.74 Å². The van der Waals surface area contributed by atoms with Crippen molar-refractivity contribution in [3.05, 3.63) is 40.5 Å². The zero-order valence-corrected chi connectivity index (χ0v) is 12.7. The number of hydrogen-bond acceptors (Lipinski definition) is 4. The molecule has 1 fully saturated rings. The van der Waals surface area contributed by atoms with E-state index in [1.807, 2.05) is 24.4 Å². The molecule has 1 unspecified atom stereocenters. The van der Waals surface area contributed by atoms with E-state index in [9.17, 15) is 0 Å². The molecule has 0 spiro atoms. The monoisotopic (exact) mass is 308 g/mol. The van der Waals surface area contributed by atoms with Crippen molar-refractivity contribution in [3.63, 3.8) is 0 Å². The standard InChI is InChI=1S/C15H17ClN2OS/c16-12-4-1-3-11(7-12)14-9-18-15(20-14)10-17-8-13-5-2-6-19-13/h1,3-4,7,9,13,17H,2,5-6,8,10H2. The molecule has 0 radical (unpaired) electrons. The molecule has 1 aliphatic heterocycles. The second-order valence-electron chi connectivity index (χ2n) is 4.89. The smallest absolute Gasteiger partial charge is 0.107 e. The van der Waals surface area contributed by atoms with Gasteiger partial charge >= 0.3 is 0 Å². The maximum absolute atomic E-state index is 6.02. The second-order valence-corrected chi connectivity index (χ2v) is 6.45. The molecule has 20 heavy (non-hydrogen) atoms. The fourth-order valence-electron chi connectivity index (χ4n) is 2.31. The highest BCUT2D eigenvalue weighted by molar-refractivity contribution is 7.15. The fraction of sp³-hybridized carbons (Fsp3) is 0.400. The maximum atomic E-state index is 6.02. The molecule has 0 aliphatic carbocycles. The normalized spacial score (nSPS) is 18.6. The quantitative estimate of drug-likeness (QED) is 0.914. The van der Waals surface area contributed by atoms with Crippen LogP contribution in [-0.2, 0) is 11.3 Å². The minimum Gasteiger partial charge on any atom is -0.377 e. The van der Waals surface area contributed by atoms with Gasteiger partial charge in [-0.25, -0.2) is 4.98 Å². The van der Waals surface area contributed by atoms with E-state index >= 15 is 0 Å². The van der Waals surface area contributed by atoms with Crippen molar-refractivity contribution in [2.45, 2.75) is 25.5 Å². The van der Waals surface area contributed by atoms with Gasteiger partial charge < -0.3 is 10.1 Å². The Morgan fingerprint density at radius 3 is 3.20 bits per heavy atom. The van der Waals surface area contributed by atoms with Crippen LogP contribution in [0.2, 0.25) is 5.02 Å². The molecule has 1 N–H and O–H groups in total. The fourth-order valence-corrected chi connectivity index (χ4v) is 3.39. The van der Waals surface area contributed by atoms with Gasteiger partial charge in [-0.1, -0.05) is 23.7 Å². The summed E-state index contributed by atoms with van der Waals surface area (Å²) in [5.41, 5.74) is 1.13. The van der Waals surface area contributed by atoms with Gasteiger partial charge in [-0.3, -0.25) is 0 Å². The summed E-state index contributed by atoms with van der Waals surface area (Å²) in [6, 6.07) is 7.88. The zero-order chi connectivity index (χ0) is 13.8. The van der Waals surface area contributed by atoms with Gasteiger partial charge in [0.1, 0.15) is 5.01 Å². The first-order valence-electron chi connectivity index (χ1n) is 6.84. The summed E-state index contributed by atoms with van der Waals surface area (Å²) in [6.07, 6.45) is 4.64. The third kappa shape index (κ3) is 3.58. The molecule has 106 valence electrons. The van der Waals surface area contributed by atoms with Crippen LogP contribution in [0.4, 0.5) is 0 Å². The van der Waals surface area contributed by atoms with Crippen molar-refractivity contribution in [2.24, 2.45) is 0 Å². The lowest BCUT2D eigenvalue weighted by molar-refractivity contribution is 0.110. The molecule has 5 heteroatoms. The predicted molar refractivity (Wildman–Crippen MR) is 83.2 cm³/mol. The first-order chi connectivity index (χ1) is 9.81. The first-order valence-corrected chi connectivity index (χ1v) is 8.04. The number of nitrogens with one attached hydrogen (secondary N) is 1. The van der Waals surface area contributed by atoms with Crippen molar-refractivity contribution >= 4 is 22.9 Å². The molecule has 1 saturated heterocycles. The lowest BCUT2D eigenvalue weighted by Crippen LogP contribution is -2.25.